The second-order valence-electron chi connectivity index (χ2n) is 6.95. The molecular formula is C23H20O6. The maximum atomic E-state index is 11.4. The number of hydrogen-bond donors (Lipinski definition) is 0. The molecule has 0 N–H and O–H groups in total. The third-order valence-corrected chi connectivity index (χ3v) is 4.89. The van der Waals surface area contributed by atoms with Gasteiger partial charge in [-0.2, -0.15) is 0 Å². The molecule has 4 rings (SSSR count). The zero-order chi connectivity index (χ0) is 20.4. The summed E-state index contributed by atoms with van der Waals surface area (Å²) in [6.45, 7) is 7.43. The van der Waals surface area contributed by atoms with Gasteiger partial charge in [-0.3, -0.25) is 0 Å². The van der Waals surface area contributed by atoms with Crippen LogP contribution < -0.4 is 9.47 Å². The monoisotopic (exact) mass is 392 g/mol. The lowest BCUT2D eigenvalue weighted by Crippen LogP contribution is -2.06. The first kappa shape index (κ1) is 18.8. The van der Waals surface area contributed by atoms with Crippen molar-refractivity contribution in [2.75, 3.05) is 6.79 Å². The topological polar surface area (TPSA) is 71.1 Å². The van der Waals surface area contributed by atoms with Gasteiger partial charge >= 0.3 is 11.9 Å². The molecule has 2 aromatic carbocycles. The third-order valence-electron chi connectivity index (χ3n) is 4.89. The second kappa shape index (κ2) is 7.83. The molecule has 0 aliphatic carbocycles. The molecular weight excluding hydrogens is 372 g/mol. The molecule has 2 unspecified atom stereocenters. The van der Waals surface area contributed by atoms with E-state index < -0.39 is 0 Å². The van der Waals surface area contributed by atoms with Crippen molar-refractivity contribution >= 4 is 11.9 Å². The Hall–Kier alpha value is -3.54. The van der Waals surface area contributed by atoms with Crippen molar-refractivity contribution in [3.05, 3.63) is 84.0 Å². The van der Waals surface area contributed by atoms with Gasteiger partial charge in [0.2, 0.25) is 6.79 Å². The van der Waals surface area contributed by atoms with E-state index in [2.05, 4.69) is 13.2 Å². The highest BCUT2D eigenvalue weighted by atomic mass is 16.7. The normalized spacial score (nSPS) is 21.1. The summed E-state index contributed by atoms with van der Waals surface area (Å²) in [4.78, 5) is 22.9. The van der Waals surface area contributed by atoms with E-state index in [4.69, 9.17) is 18.9 Å². The predicted octanol–water partition coefficient (Wildman–Crippen LogP) is 4.19. The molecule has 2 aliphatic rings. The molecule has 0 spiro atoms. The van der Waals surface area contributed by atoms with E-state index in [-0.39, 0.29) is 30.9 Å². The van der Waals surface area contributed by atoms with Gasteiger partial charge < -0.3 is 18.9 Å². The molecule has 6 nitrogen and oxygen atoms in total. The molecule has 2 fully saturated rings. The number of ether oxygens (including phenoxy) is 4. The Morgan fingerprint density at radius 1 is 0.724 bits per heavy atom. The van der Waals surface area contributed by atoms with Crippen LogP contribution in [0, 0.1) is 0 Å². The van der Waals surface area contributed by atoms with Crippen molar-refractivity contribution < 1.29 is 28.5 Å². The van der Waals surface area contributed by atoms with Crippen LogP contribution in [0.3, 0.4) is 0 Å². The minimum atomic E-state index is -0.342. The highest BCUT2D eigenvalue weighted by molar-refractivity contribution is 5.90. The molecule has 0 radical (unpaired) electrons. The molecule has 0 saturated carbocycles. The van der Waals surface area contributed by atoms with Gasteiger partial charge in [-0.25, -0.2) is 9.59 Å². The van der Waals surface area contributed by atoms with Gasteiger partial charge in [-0.1, -0.05) is 37.4 Å². The number of carbonyl (C=O) groups excluding carboxylic acids is 2. The Bertz CT molecular complexity index is 846. The van der Waals surface area contributed by atoms with Crippen LogP contribution in [-0.2, 0) is 19.1 Å². The van der Waals surface area contributed by atoms with Gasteiger partial charge in [-0.05, 0) is 35.4 Å². The van der Waals surface area contributed by atoms with Crippen LogP contribution in [0.1, 0.15) is 36.2 Å². The summed E-state index contributed by atoms with van der Waals surface area (Å²) in [5.41, 5.74) is 2.78. The van der Waals surface area contributed by atoms with Gasteiger partial charge in [0.25, 0.3) is 0 Å². The van der Waals surface area contributed by atoms with Crippen LogP contribution in [0.4, 0.5) is 0 Å². The summed E-state index contributed by atoms with van der Waals surface area (Å²) in [5, 5.41) is 0. The van der Waals surface area contributed by atoms with Gasteiger partial charge in [0, 0.05) is 24.0 Å². The van der Waals surface area contributed by atoms with Crippen LogP contribution in [-0.4, -0.2) is 18.7 Å². The smallest absolute Gasteiger partial charge is 0.334 e. The van der Waals surface area contributed by atoms with E-state index in [1.807, 2.05) is 24.3 Å². The molecule has 148 valence electrons. The fourth-order valence-corrected chi connectivity index (χ4v) is 3.22. The summed E-state index contributed by atoms with van der Waals surface area (Å²) in [6.07, 6.45) is 0.448. The first-order valence-electron chi connectivity index (χ1n) is 9.22. The van der Waals surface area contributed by atoms with Crippen molar-refractivity contribution in [2.24, 2.45) is 0 Å². The zero-order valence-corrected chi connectivity index (χ0v) is 15.8. The lowest BCUT2D eigenvalue weighted by molar-refractivity contribution is -0.140. The van der Waals surface area contributed by atoms with E-state index in [9.17, 15) is 9.59 Å². The standard InChI is InChI=1S/C23H20O6/c1-14-11-20(28-22(14)24)16-3-7-18(8-4-16)26-13-27-19-9-5-17(6-10-19)21-12-15(2)23(25)29-21/h3-10,20-21H,1-2,11-13H2. The molecule has 2 saturated heterocycles. The summed E-state index contributed by atoms with van der Waals surface area (Å²) in [6, 6.07) is 14.6. The van der Waals surface area contributed by atoms with Crippen molar-refractivity contribution in [3.63, 3.8) is 0 Å². The molecule has 2 aromatic rings. The van der Waals surface area contributed by atoms with E-state index in [0.29, 0.717) is 35.5 Å². The van der Waals surface area contributed by atoms with Gasteiger partial charge in [-0.15, -0.1) is 0 Å². The van der Waals surface area contributed by atoms with Crippen molar-refractivity contribution in [1.82, 2.24) is 0 Å². The van der Waals surface area contributed by atoms with Crippen molar-refractivity contribution in [3.8, 4) is 11.5 Å². The molecule has 0 aromatic heterocycles. The summed E-state index contributed by atoms with van der Waals surface area (Å²) >= 11 is 0. The molecule has 6 heteroatoms. The van der Waals surface area contributed by atoms with E-state index >= 15 is 0 Å². The first-order valence-corrected chi connectivity index (χ1v) is 9.22. The number of cyclic esters (lactones) is 2. The Kier molecular flexibility index (Phi) is 5.08. The average molecular weight is 392 g/mol. The SMILES string of the molecule is C=C1CC(c2ccc(OCOc3ccc(C4CC(=C)C(=O)O4)cc3)cc2)OC1=O. The highest BCUT2D eigenvalue weighted by Crippen LogP contribution is 2.34. The lowest BCUT2D eigenvalue weighted by Gasteiger charge is -2.12. The van der Waals surface area contributed by atoms with Crippen LogP contribution >= 0.6 is 0 Å². The average Bonchev–Trinajstić information content (AvgIpc) is 3.24. The maximum absolute atomic E-state index is 11.4. The van der Waals surface area contributed by atoms with E-state index in [1.54, 1.807) is 24.3 Å². The fraction of sp³-hybridized carbons (Fsp3) is 0.217. The molecule has 29 heavy (non-hydrogen) atoms. The molecule has 0 bridgehead atoms. The van der Waals surface area contributed by atoms with Crippen LogP contribution in [0.25, 0.3) is 0 Å². The molecule has 2 heterocycles. The Morgan fingerprint density at radius 2 is 1.10 bits per heavy atom. The van der Waals surface area contributed by atoms with Crippen LogP contribution in [0.15, 0.2) is 72.8 Å². The highest BCUT2D eigenvalue weighted by Gasteiger charge is 2.29. The fourth-order valence-electron chi connectivity index (χ4n) is 3.22. The zero-order valence-electron chi connectivity index (χ0n) is 15.8. The number of esters is 2. The Balaban J connectivity index is 1.27. The van der Waals surface area contributed by atoms with Crippen LogP contribution in [0.2, 0.25) is 0 Å². The minimum absolute atomic E-state index is 0.0448. The first-order chi connectivity index (χ1) is 14.0. The maximum Gasteiger partial charge on any atom is 0.334 e. The Morgan fingerprint density at radius 3 is 1.41 bits per heavy atom. The van der Waals surface area contributed by atoms with Crippen molar-refractivity contribution in [2.45, 2.75) is 25.0 Å². The molecule has 2 aliphatic heterocycles. The second-order valence-corrected chi connectivity index (χ2v) is 6.95. The lowest BCUT2D eigenvalue weighted by atomic mass is 10.1. The molecule has 2 atom stereocenters. The summed E-state index contributed by atoms with van der Waals surface area (Å²) < 4.78 is 21.7. The number of rotatable bonds is 6. The number of hydrogen-bond acceptors (Lipinski definition) is 6. The van der Waals surface area contributed by atoms with Gasteiger partial charge in [0.05, 0.1) is 0 Å². The van der Waals surface area contributed by atoms with E-state index in [0.717, 1.165) is 11.1 Å². The Labute approximate surface area is 168 Å². The number of carbonyl (C=O) groups is 2. The minimum Gasteiger partial charge on any atom is -0.458 e. The predicted molar refractivity (Wildman–Crippen MR) is 104 cm³/mol. The van der Waals surface area contributed by atoms with Crippen molar-refractivity contribution in [1.29, 1.82) is 0 Å². The molecule has 0 amide bonds. The quantitative estimate of drug-likeness (QED) is 0.417. The summed E-state index contributed by atoms with van der Waals surface area (Å²) in [7, 11) is 0. The largest absolute Gasteiger partial charge is 0.458 e. The van der Waals surface area contributed by atoms with Crippen LogP contribution in [0.5, 0.6) is 11.5 Å². The number of benzene rings is 2. The summed E-state index contributed by atoms with van der Waals surface area (Å²) in [5.74, 6) is 0.603. The van der Waals surface area contributed by atoms with Gasteiger partial charge in [0.15, 0.2) is 0 Å². The third kappa shape index (κ3) is 4.16. The van der Waals surface area contributed by atoms with Gasteiger partial charge in [0.1, 0.15) is 23.7 Å². The van der Waals surface area contributed by atoms with E-state index in [1.165, 1.54) is 0 Å².